The number of carboxylic acid groups (broad SMARTS) is 1. The van der Waals surface area contributed by atoms with Gasteiger partial charge in [-0.2, -0.15) is 0 Å². The molecule has 1 aromatic carbocycles. The summed E-state index contributed by atoms with van der Waals surface area (Å²) < 4.78 is 0. The van der Waals surface area contributed by atoms with Crippen molar-refractivity contribution < 1.29 is 9.90 Å². The Labute approximate surface area is 88.3 Å². The largest absolute Gasteiger partial charge is 0.550 e. The standard InChI is InChI=1S/C9H13S.C2H4O2/c1-10(2)8-9-6-4-3-5-7-9;1-2(3)4/h3-7H,8H2,1-2H3;1H3,(H,3,4)/q+1;/p-1. The van der Waals surface area contributed by atoms with Gasteiger partial charge < -0.3 is 9.90 Å². The van der Waals surface area contributed by atoms with E-state index in [4.69, 9.17) is 9.90 Å². The SMILES string of the molecule is CC(=O)[O-].C[S+](C)Cc1ccccc1. The van der Waals surface area contributed by atoms with E-state index in [1.807, 2.05) is 0 Å². The van der Waals surface area contributed by atoms with Crippen molar-refractivity contribution in [2.75, 3.05) is 12.5 Å². The third-order valence-corrected chi connectivity index (χ3v) is 2.21. The van der Waals surface area contributed by atoms with Crippen LogP contribution in [0.3, 0.4) is 0 Å². The van der Waals surface area contributed by atoms with E-state index in [0.29, 0.717) is 10.9 Å². The van der Waals surface area contributed by atoms with Crippen LogP contribution in [0, 0.1) is 0 Å². The highest BCUT2D eigenvalue weighted by molar-refractivity contribution is 7.94. The van der Waals surface area contributed by atoms with Crippen LogP contribution in [0.5, 0.6) is 0 Å². The van der Waals surface area contributed by atoms with Crippen LogP contribution in [0.4, 0.5) is 0 Å². The molecule has 0 bridgehead atoms. The summed E-state index contributed by atoms with van der Waals surface area (Å²) >= 11 is 0. The number of hydrogen-bond donors (Lipinski definition) is 0. The Morgan fingerprint density at radius 1 is 1.29 bits per heavy atom. The van der Waals surface area contributed by atoms with Gasteiger partial charge in [-0.3, -0.25) is 0 Å². The number of carboxylic acids is 1. The average molecular weight is 212 g/mol. The number of hydrogen-bond acceptors (Lipinski definition) is 2. The average Bonchev–Trinajstić information content (AvgIpc) is 2.03. The predicted molar refractivity (Wildman–Crippen MR) is 60.0 cm³/mol. The Bertz CT molecular complexity index is 253. The maximum absolute atomic E-state index is 8.89. The molecular formula is C11H16O2S. The second-order valence-corrected chi connectivity index (χ2v) is 5.37. The summed E-state index contributed by atoms with van der Waals surface area (Å²) in [4.78, 5) is 8.89. The van der Waals surface area contributed by atoms with Crippen molar-refractivity contribution in [3.05, 3.63) is 35.9 Å². The Kier molecular flexibility index (Phi) is 6.93. The first-order valence-corrected chi connectivity index (χ1v) is 6.49. The lowest BCUT2D eigenvalue weighted by Crippen LogP contribution is -2.16. The maximum Gasteiger partial charge on any atom is 0.132 e. The molecule has 1 rings (SSSR count). The van der Waals surface area contributed by atoms with Crippen molar-refractivity contribution in [1.82, 2.24) is 0 Å². The van der Waals surface area contributed by atoms with Gasteiger partial charge in [-0.05, 0) is 17.8 Å². The van der Waals surface area contributed by atoms with E-state index in [1.165, 1.54) is 11.3 Å². The minimum Gasteiger partial charge on any atom is -0.550 e. The lowest BCUT2D eigenvalue weighted by molar-refractivity contribution is -0.302. The van der Waals surface area contributed by atoms with Crippen LogP contribution in [0.25, 0.3) is 0 Å². The topological polar surface area (TPSA) is 40.1 Å². The maximum atomic E-state index is 8.89. The number of aliphatic carboxylic acids is 1. The fraction of sp³-hybridized carbons (Fsp3) is 0.364. The summed E-state index contributed by atoms with van der Waals surface area (Å²) in [7, 11) is 0.533. The van der Waals surface area contributed by atoms with E-state index >= 15 is 0 Å². The van der Waals surface area contributed by atoms with E-state index in [2.05, 4.69) is 42.8 Å². The molecule has 0 spiro atoms. The molecule has 0 aromatic heterocycles. The van der Waals surface area contributed by atoms with Gasteiger partial charge in [-0.1, -0.05) is 30.3 Å². The zero-order valence-corrected chi connectivity index (χ0v) is 9.64. The molecule has 0 saturated carbocycles. The molecule has 14 heavy (non-hydrogen) atoms. The van der Waals surface area contributed by atoms with Crippen LogP contribution in [0.15, 0.2) is 30.3 Å². The normalized spacial score (nSPS) is 9.14. The summed E-state index contributed by atoms with van der Waals surface area (Å²) in [6.45, 7) is 0.972. The van der Waals surface area contributed by atoms with Gasteiger partial charge in [0.2, 0.25) is 0 Å². The van der Waals surface area contributed by atoms with Crippen LogP contribution < -0.4 is 5.11 Å². The lowest BCUT2D eigenvalue weighted by Gasteiger charge is -1.95. The van der Waals surface area contributed by atoms with Gasteiger partial charge in [0.05, 0.1) is 12.5 Å². The van der Waals surface area contributed by atoms with Crippen LogP contribution in [0.1, 0.15) is 12.5 Å². The van der Waals surface area contributed by atoms with Crippen molar-refractivity contribution in [2.45, 2.75) is 12.7 Å². The van der Waals surface area contributed by atoms with Gasteiger partial charge in [-0.25, -0.2) is 0 Å². The van der Waals surface area contributed by atoms with Crippen molar-refractivity contribution in [3.63, 3.8) is 0 Å². The smallest absolute Gasteiger partial charge is 0.132 e. The Morgan fingerprint density at radius 3 is 2.07 bits per heavy atom. The molecule has 0 saturated heterocycles. The highest BCUT2D eigenvalue weighted by atomic mass is 32.2. The zero-order chi connectivity index (χ0) is 11.0. The number of carbonyl (C=O) groups excluding carboxylic acids is 1. The summed E-state index contributed by atoms with van der Waals surface area (Å²) in [5.41, 5.74) is 1.45. The lowest BCUT2D eigenvalue weighted by atomic mass is 10.2. The summed E-state index contributed by atoms with van der Waals surface area (Å²) in [5.74, 6) is 0.140. The predicted octanol–water partition coefficient (Wildman–Crippen LogP) is 0.821. The molecule has 0 aliphatic heterocycles. The van der Waals surface area contributed by atoms with Gasteiger partial charge >= 0.3 is 0 Å². The highest BCUT2D eigenvalue weighted by Crippen LogP contribution is 2.03. The Hall–Kier alpha value is -0.960. The summed E-state index contributed by atoms with van der Waals surface area (Å²) in [6.07, 6.45) is 4.54. The molecule has 0 radical (unpaired) electrons. The molecule has 0 N–H and O–H groups in total. The number of rotatable bonds is 2. The molecule has 0 heterocycles. The van der Waals surface area contributed by atoms with Crippen molar-refractivity contribution >= 4 is 16.9 Å². The van der Waals surface area contributed by atoms with E-state index in [9.17, 15) is 0 Å². The first-order valence-electron chi connectivity index (χ1n) is 4.28. The first-order chi connectivity index (χ1) is 6.52. The molecule has 0 aliphatic rings. The third-order valence-electron chi connectivity index (χ3n) is 1.30. The third kappa shape index (κ3) is 9.13. The van der Waals surface area contributed by atoms with Crippen LogP contribution in [-0.2, 0) is 21.4 Å². The molecule has 0 atom stereocenters. The summed E-state index contributed by atoms with van der Waals surface area (Å²) in [6, 6.07) is 10.6. The fourth-order valence-corrected chi connectivity index (χ4v) is 1.77. The van der Waals surface area contributed by atoms with Gasteiger partial charge in [-0.15, -0.1) is 0 Å². The van der Waals surface area contributed by atoms with E-state index in [0.717, 1.165) is 6.92 Å². The van der Waals surface area contributed by atoms with E-state index < -0.39 is 5.97 Å². The first kappa shape index (κ1) is 13.0. The van der Waals surface area contributed by atoms with Crippen molar-refractivity contribution in [2.24, 2.45) is 0 Å². The van der Waals surface area contributed by atoms with Crippen LogP contribution in [0.2, 0.25) is 0 Å². The quantitative estimate of drug-likeness (QED) is 0.681. The van der Waals surface area contributed by atoms with Crippen LogP contribution >= 0.6 is 0 Å². The Morgan fingerprint density at radius 2 is 1.71 bits per heavy atom. The van der Waals surface area contributed by atoms with Gasteiger partial charge in [0.15, 0.2) is 0 Å². The minimum atomic E-state index is -1.08. The number of carbonyl (C=O) groups is 1. The fourth-order valence-electron chi connectivity index (χ4n) is 0.908. The second kappa shape index (κ2) is 7.44. The monoisotopic (exact) mass is 212 g/mol. The van der Waals surface area contributed by atoms with E-state index in [1.54, 1.807) is 0 Å². The summed E-state index contributed by atoms with van der Waals surface area (Å²) in [5, 5.41) is 8.89. The second-order valence-electron chi connectivity index (χ2n) is 3.11. The molecular weight excluding hydrogens is 196 g/mol. The van der Waals surface area contributed by atoms with Gasteiger partial charge in [0.1, 0.15) is 5.75 Å². The molecule has 78 valence electrons. The van der Waals surface area contributed by atoms with E-state index in [-0.39, 0.29) is 0 Å². The molecule has 0 fully saturated rings. The van der Waals surface area contributed by atoms with Crippen molar-refractivity contribution in [1.29, 1.82) is 0 Å². The molecule has 0 amide bonds. The minimum absolute atomic E-state index is 0.533. The van der Waals surface area contributed by atoms with Gasteiger partial charge in [0.25, 0.3) is 0 Å². The van der Waals surface area contributed by atoms with Gasteiger partial charge in [0, 0.05) is 11.5 Å². The van der Waals surface area contributed by atoms with Crippen LogP contribution in [-0.4, -0.2) is 18.5 Å². The Balaban J connectivity index is 0.000000364. The molecule has 0 aliphatic carbocycles. The highest BCUT2D eigenvalue weighted by Gasteiger charge is 2.01. The molecule has 2 nitrogen and oxygen atoms in total. The molecule has 0 unspecified atom stereocenters. The molecule has 1 aromatic rings. The number of benzene rings is 1. The zero-order valence-electron chi connectivity index (χ0n) is 8.82. The molecule has 3 heteroatoms. The van der Waals surface area contributed by atoms with Crippen molar-refractivity contribution in [3.8, 4) is 0 Å².